The van der Waals surface area contributed by atoms with E-state index in [4.69, 9.17) is 0 Å². The van der Waals surface area contributed by atoms with Gasteiger partial charge in [0.25, 0.3) is 0 Å². The number of nitrogens with zero attached hydrogens (tertiary/aromatic N) is 2. The summed E-state index contributed by atoms with van der Waals surface area (Å²) in [4.78, 5) is 0. The van der Waals surface area contributed by atoms with E-state index < -0.39 is 0 Å². The molecule has 0 radical (unpaired) electrons. The van der Waals surface area contributed by atoms with Crippen molar-refractivity contribution in [1.29, 1.82) is 0 Å². The van der Waals surface area contributed by atoms with E-state index in [-0.39, 0.29) is 5.82 Å². The second-order valence-corrected chi connectivity index (χ2v) is 5.58. The van der Waals surface area contributed by atoms with E-state index in [0.29, 0.717) is 0 Å². The first kappa shape index (κ1) is 14.5. The molecule has 0 saturated carbocycles. The Hall–Kier alpha value is -2.42. The van der Waals surface area contributed by atoms with Gasteiger partial charge in [0.05, 0.1) is 11.4 Å². The second-order valence-electron chi connectivity index (χ2n) is 5.58. The van der Waals surface area contributed by atoms with Crippen molar-refractivity contribution in [2.45, 2.75) is 19.8 Å². The van der Waals surface area contributed by atoms with Gasteiger partial charge in [0.1, 0.15) is 5.82 Å². The third kappa shape index (κ3) is 3.08. The SMILES string of the molecule is Cc1cc(-c2ccc(CCc3ccccc3F)cc2)n(C)n1. The molecule has 0 saturated heterocycles. The molecule has 0 unspecified atom stereocenters. The maximum atomic E-state index is 13.6. The highest BCUT2D eigenvalue weighted by Gasteiger charge is 2.06. The molecule has 0 atom stereocenters. The van der Waals surface area contributed by atoms with Crippen molar-refractivity contribution in [2.24, 2.45) is 7.05 Å². The van der Waals surface area contributed by atoms with Crippen LogP contribution in [0.4, 0.5) is 4.39 Å². The summed E-state index contributed by atoms with van der Waals surface area (Å²) in [5, 5.41) is 4.37. The summed E-state index contributed by atoms with van der Waals surface area (Å²) in [6, 6.07) is 17.5. The molecule has 0 bridgehead atoms. The van der Waals surface area contributed by atoms with Crippen molar-refractivity contribution in [3.63, 3.8) is 0 Å². The van der Waals surface area contributed by atoms with E-state index in [0.717, 1.165) is 35.4 Å². The van der Waals surface area contributed by atoms with Crippen LogP contribution in [0.3, 0.4) is 0 Å². The first-order valence-electron chi connectivity index (χ1n) is 7.47. The van der Waals surface area contributed by atoms with Crippen molar-refractivity contribution in [2.75, 3.05) is 0 Å². The van der Waals surface area contributed by atoms with Crippen molar-refractivity contribution < 1.29 is 4.39 Å². The molecule has 2 nitrogen and oxygen atoms in total. The summed E-state index contributed by atoms with van der Waals surface area (Å²) in [5.74, 6) is -0.121. The zero-order chi connectivity index (χ0) is 15.5. The predicted molar refractivity (Wildman–Crippen MR) is 87.2 cm³/mol. The molecule has 0 fully saturated rings. The van der Waals surface area contributed by atoms with Crippen molar-refractivity contribution >= 4 is 0 Å². The predicted octanol–water partition coefficient (Wildman–Crippen LogP) is 4.32. The highest BCUT2D eigenvalue weighted by atomic mass is 19.1. The lowest BCUT2D eigenvalue weighted by Gasteiger charge is -2.06. The van der Waals surface area contributed by atoms with E-state index >= 15 is 0 Å². The molecule has 2 aromatic carbocycles. The summed E-state index contributed by atoms with van der Waals surface area (Å²) < 4.78 is 15.5. The molecule has 3 rings (SSSR count). The van der Waals surface area contributed by atoms with E-state index in [1.54, 1.807) is 6.07 Å². The lowest BCUT2D eigenvalue weighted by atomic mass is 10.0. The van der Waals surface area contributed by atoms with Gasteiger partial charge in [-0.05, 0) is 48.6 Å². The first-order chi connectivity index (χ1) is 10.6. The van der Waals surface area contributed by atoms with Crippen LogP contribution in [0.2, 0.25) is 0 Å². The Labute approximate surface area is 130 Å². The quantitative estimate of drug-likeness (QED) is 0.700. The third-order valence-corrected chi connectivity index (χ3v) is 3.89. The van der Waals surface area contributed by atoms with E-state index in [1.807, 2.05) is 30.8 Å². The average molecular weight is 294 g/mol. The molecule has 0 spiro atoms. The summed E-state index contributed by atoms with van der Waals surface area (Å²) in [5.41, 5.74) is 5.26. The van der Waals surface area contributed by atoms with Crippen LogP contribution in [0.1, 0.15) is 16.8 Å². The summed E-state index contributed by atoms with van der Waals surface area (Å²) >= 11 is 0. The summed E-state index contributed by atoms with van der Waals surface area (Å²) in [7, 11) is 1.95. The topological polar surface area (TPSA) is 17.8 Å². The van der Waals surface area contributed by atoms with Gasteiger partial charge in [-0.2, -0.15) is 5.10 Å². The van der Waals surface area contributed by atoms with Crippen LogP contribution >= 0.6 is 0 Å². The monoisotopic (exact) mass is 294 g/mol. The fourth-order valence-electron chi connectivity index (χ4n) is 2.70. The molecule has 0 aliphatic rings. The van der Waals surface area contributed by atoms with Gasteiger partial charge in [-0.3, -0.25) is 4.68 Å². The molecule has 0 aliphatic heterocycles. The smallest absolute Gasteiger partial charge is 0.126 e. The van der Waals surface area contributed by atoms with Crippen LogP contribution in [0.5, 0.6) is 0 Å². The molecule has 3 aromatic rings. The second kappa shape index (κ2) is 6.14. The third-order valence-electron chi connectivity index (χ3n) is 3.89. The van der Waals surface area contributed by atoms with E-state index in [9.17, 15) is 4.39 Å². The minimum Gasteiger partial charge on any atom is -0.268 e. The van der Waals surface area contributed by atoms with Gasteiger partial charge in [-0.1, -0.05) is 42.5 Å². The minimum atomic E-state index is -0.121. The first-order valence-corrected chi connectivity index (χ1v) is 7.47. The molecule has 0 amide bonds. The number of benzene rings is 2. The van der Waals surface area contributed by atoms with Crippen molar-refractivity contribution in [3.05, 3.63) is 77.2 Å². The normalized spacial score (nSPS) is 10.9. The largest absolute Gasteiger partial charge is 0.268 e. The summed E-state index contributed by atoms with van der Waals surface area (Å²) in [6.45, 7) is 1.99. The number of halogens is 1. The highest BCUT2D eigenvalue weighted by molar-refractivity contribution is 5.60. The standard InChI is InChI=1S/C19H19FN2/c1-14-13-19(22(2)21-14)17-11-8-15(9-12-17)7-10-16-5-3-4-6-18(16)20/h3-6,8-9,11-13H,7,10H2,1-2H3. The zero-order valence-corrected chi connectivity index (χ0v) is 12.9. The number of aryl methyl sites for hydroxylation is 4. The Kier molecular flexibility index (Phi) is 4.05. The van der Waals surface area contributed by atoms with Gasteiger partial charge in [0, 0.05) is 7.05 Å². The van der Waals surface area contributed by atoms with Crippen LogP contribution in [0, 0.1) is 12.7 Å². The van der Waals surface area contributed by atoms with Crippen LogP contribution in [0.15, 0.2) is 54.6 Å². The van der Waals surface area contributed by atoms with Crippen LogP contribution < -0.4 is 0 Å². The molecule has 22 heavy (non-hydrogen) atoms. The highest BCUT2D eigenvalue weighted by Crippen LogP contribution is 2.21. The lowest BCUT2D eigenvalue weighted by molar-refractivity contribution is 0.608. The maximum absolute atomic E-state index is 13.6. The Morgan fingerprint density at radius 3 is 2.36 bits per heavy atom. The number of rotatable bonds is 4. The zero-order valence-electron chi connectivity index (χ0n) is 12.9. The van der Waals surface area contributed by atoms with E-state index in [1.165, 1.54) is 11.6 Å². The summed E-state index contributed by atoms with van der Waals surface area (Å²) in [6.07, 6.45) is 1.56. The minimum absolute atomic E-state index is 0.121. The number of hydrogen-bond donors (Lipinski definition) is 0. The fourth-order valence-corrected chi connectivity index (χ4v) is 2.70. The molecule has 0 aliphatic carbocycles. The Balaban J connectivity index is 1.72. The van der Waals surface area contributed by atoms with Gasteiger partial charge in [0.15, 0.2) is 0 Å². The lowest BCUT2D eigenvalue weighted by Crippen LogP contribution is -1.96. The fraction of sp³-hybridized carbons (Fsp3) is 0.211. The van der Waals surface area contributed by atoms with Gasteiger partial charge < -0.3 is 0 Å². The molecule has 112 valence electrons. The molecular formula is C19H19FN2. The Morgan fingerprint density at radius 2 is 1.73 bits per heavy atom. The van der Waals surface area contributed by atoms with Crippen molar-refractivity contribution in [3.8, 4) is 11.3 Å². The molecule has 3 heteroatoms. The molecule has 1 aromatic heterocycles. The Morgan fingerprint density at radius 1 is 1.00 bits per heavy atom. The van der Waals surface area contributed by atoms with Gasteiger partial charge in [-0.15, -0.1) is 0 Å². The van der Waals surface area contributed by atoms with Crippen LogP contribution in [-0.2, 0) is 19.9 Å². The van der Waals surface area contributed by atoms with Gasteiger partial charge >= 0.3 is 0 Å². The van der Waals surface area contributed by atoms with Gasteiger partial charge in [-0.25, -0.2) is 4.39 Å². The van der Waals surface area contributed by atoms with Crippen LogP contribution in [-0.4, -0.2) is 9.78 Å². The molecular weight excluding hydrogens is 275 g/mol. The molecule has 0 N–H and O–H groups in total. The van der Waals surface area contributed by atoms with Gasteiger partial charge in [0.2, 0.25) is 0 Å². The number of hydrogen-bond acceptors (Lipinski definition) is 1. The van der Waals surface area contributed by atoms with Crippen molar-refractivity contribution in [1.82, 2.24) is 9.78 Å². The number of aromatic nitrogens is 2. The molecule has 1 heterocycles. The van der Waals surface area contributed by atoms with Crippen LogP contribution in [0.25, 0.3) is 11.3 Å². The maximum Gasteiger partial charge on any atom is 0.126 e. The van der Waals surface area contributed by atoms with E-state index in [2.05, 4.69) is 35.4 Å². The Bertz CT molecular complexity index is 772. The average Bonchev–Trinajstić information content (AvgIpc) is 2.86.